The molecule has 11 heteroatoms. The van der Waals surface area contributed by atoms with Crippen molar-refractivity contribution in [1.82, 2.24) is 0 Å². The Hall–Kier alpha value is -0.890. The highest BCUT2D eigenvalue weighted by Gasteiger charge is 2.51. The summed E-state index contributed by atoms with van der Waals surface area (Å²) in [5.74, 6) is -1.60. The highest BCUT2D eigenvalue weighted by Crippen LogP contribution is 2.28. The lowest BCUT2D eigenvalue weighted by atomic mass is 9.97. The van der Waals surface area contributed by atoms with E-state index in [-0.39, 0.29) is 0 Å². The van der Waals surface area contributed by atoms with E-state index in [1.54, 1.807) is 0 Å². The molecule has 2 heterocycles. The fourth-order valence-corrected chi connectivity index (χ4v) is 2.49. The maximum Gasteiger partial charge on any atom is 0.335 e. The van der Waals surface area contributed by atoms with E-state index in [4.69, 9.17) is 19.3 Å². The molecule has 0 radical (unpaired) electrons. The van der Waals surface area contributed by atoms with Gasteiger partial charge >= 0.3 is 5.97 Å². The third-order valence-electron chi connectivity index (χ3n) is 3.90. The van der Waals surface area contributed by atoms with Crippen LogP contribution in [0.15, 0.2) is 0 Å². The average molecular weight is 340 g/mol. The van der Waals surface area contributed by atoms with Gasteiger partial charge in [0.1, 0.15) is 36.6 Å². The number of aliphatic carboxylic acids is 1. The molecular weight excluding hydrogens is 320 g/mol. The summed E-state index contributed by atoms with van der Waals surface area (Å²) in [6.07, 6.45) is -16.5. The fourth-order valence-electron chi connectivity index (χ4n) is 2.49. The van der Waals surface area contributed by atoms with E-state index in [0.29, 0.717) is 0 Å². The minimum Gasteiger partial charge on any atom is -0.479 e. The molecule has 0 unspecified atom stereocenters. The Balaban J connectivity index is 2.15. The summed E-state index contributed by atoms with van der Waals surface area (Å²) in [7, 11) is 0. The number of hydrogen-bond acceptors (Lipinski definition) is 10. The summed E-state index contributed by atoms with van der Waals surface area (Å²) in [5.41, 5.74) is 0. The van der Waals surface area contributed by atoms with Crippen LogP contribution in [0.2, 0.25) is 0 Å². The fraction of sp³-hybridized carbons (Fsp3) is 0.917. The maximum atomic E-state index is 11.0. The predicted octanol–water partition coefficient (Wildman–Crippen LogP) is -4.28. The van der Waals surface area contributed by atoms with Crippen LogP contribution in [0, 0.1) is 0 Å². The number of carboxylic acid groups (broad SMARTS) is 1. The summed E-state index contributed by atoms with van der Waals surface area (Å²) >= 11 is 0. The topological polar surface area (TPSA) is 186 Å². The first-order chi connectivity index (χ1) is 10.6. The van der Waals surface area contributed by atoms with Gasteiger partial charge in [0.2, 0.25) is 0 Å². The zero-order chi connectivity index (χ0) is 17.5. The molecule has 10 atom stereocenters. The molecule has 134 valence electrons. The lowest BCUT2D eigenvalue weighted by molar-refractivity contribution is -0.348. The molecule has 2 aliphatic rings. The van der Waals surface area contributed by atoms with Crippen molar-refractivity contribution >= 4 is 5.97 Å². The molecule has 2 rings (SSSR count). The van der Waals surface area contributed by atoms with Gasteiger partial charge in [0.25, 0.3) is 0 Å². The largest absolute Gasteiger partial charge is 0.479 e. The monoisotopic (exact) mass is 340 g/mol. The summed E-state index contributed by atoms with van der Waals surface area (Å²) in [5, 5.41) is 67.3. The van der Waals surface area contributed by atoms with E-state index in [2.05, 4.69) is 0 Å². The normalized spacial score (nSPS) is 51.4. The van der Waals surface area contributed by atoms with Crippen molar-refractivity contribution in [2.75, 3.05) is 0 Å². The number of aliphatic hydroxyl groups excluding tert-OH is 6. The molecule has 23 heavy (non-hydrogen) atoms. The number of ether oxygens (including phenoxy) is 3. The molecule has 0 aliphatic carbocycles. The highest BCUT2D eigenvalue weighted by molar-refractivity contribution is 5.73. The second-order valence-electron chi connectivity index (χ2n) is 5.55. The molecule has 7 N–H and O–H groups in total. The first kappa shape index (κ1) is 18.4. The van der Waals surface area contributed by atoms with Crippen LogP contribution in [0.25, 0.3) is 0 Å². The molecule has 0 aromatic heterocycles. The number of hydrogen-bond donors (Lipinski definition) is 7. The van der Waals surface area contributed by atoms with Gasteiger partial charge in [-0.1, -0.05) is 0 Å². The van der Waals surface area contributed by atoms with E-state index in [0.717, 1.165) is 0 Å². The van der Waals surface area contributed by atoms with Gasteiger partial charge in [-0.05, 0) is 6.92 Å². The molecule has 0 aromatic carbocycles. The van der Waals surface area contributed by atoms with E-state index < -0.39 is 67.4 Å². The highest BCUT2D eigenvalue weighted by atomic mass is 16.7. The number of aliphatic hydroxyl groups is 6. The zero-order valence-electron chi connectivity index (χ0n) is 12.0. The molecule has 11 nitrogen and oxygen atoms in total. The number of rotatable bonds is 3. The van der Waals surface area contributed by atoms with Crippen LogP contribution in [0.3, 0.4) is 0 Å². The standard InChI is InChI=1S/C12H20O11/c1-2-3(13)8(7(17)11(20)21-2)22-12-6(16)4(14)5(15)9(23-12)10(18)19/h2-9,11-17,20H,1H3,(H,18,19)/t2-,3-,4-,5+,6+,7+,8+,9-,11+,12+/m0/s1. The van der Waals surface area contributed by atoms with Crippen LogP contribution in [-0.4, -0.2) is 103 Å². The molecule has 2 aliphatic heterocycles. The van der Waals surface area contributed by atoms with Crippen molar-refractivity contribution in [1.29, 1.82) is 0 Å². The van der Waals surface area contributed by atoms with Crippen LogP contribution in [0.4, 0.5) is 0 Å². The minimum absolute atomic E-state index is 0.926. The minimum atomic E-state index is -1.89. The third kappa shape index (κ3) is 3.47. The average Bonchev–Trinajstić information content (AvgIpc) is 2.49. The molecule has 0 amide bonds. The quantitative estimate of drug-likeness (QED) is 0.263. The van der Waals surface area contributed by atoms with Gasteiger partial charge in [-0.3, -0.25) is 0 Å². The SMILES string of the molecule is C[C@@H]1O[C@@H](O)[C@H](O)[C@H](O[C@@H]2O[C@H](C(=O)O)[C@H](O)[C@H](O)[C@H]2O)[C@H]1O. The second kappa shape index (κ2) is 6.93. The molecular formula is C12H20O11. The Morgan fingerprint density at radius 2 is 1.48 bits per heavy atom. The molecule has 0 bridgehead atoms. The Morgan fingerprint density at radius 1 is 0.870 bits per heavy atom. The van der Waals surface area contributed by atoms with Gasteiger partial charge in [-0.2, -0.15) is 0 Å². The van der Waals surface area contributed by atoms with E-state index in [1.165, 1.54) is 6.92 Å². The summed E-state index contributed by atoms with van der Waals surface area (Å²) in [4.78, 5) is 11.0. The van der Waals surface area contributed by atoms with Gasteiger partial charge in [0, 0.05) is 0 Å². The first-order valence-corrected chi connectivity index (χ1v) is 6.92. The smallest absolute Gasteiger partial charge is 0.335 e. The first-order valence-electron chi connectivity index (χ1n) is 6.92. The number of carbonyl (C=O) groups is 1. The lowest BCUT2D eigenvalue weighted by Gasteiger charge is -2.44. The maximum absolute atomic E-state index is 11.0. The van der Waals surface area contributed by atoms with Crippen molar-refractivity contribution < 1.29 is 54.8 Å². The summed E-state index contributed by atoms with van der Waals surface area (Å²) in [6.45, 7) is 1.40. The van der Waals surface area contributed by atoms with Crippen molar-refractivity contribution in [3.63, 3.8) is 0 Å². The summed E-state index contributed by atoms with van der Waals surface area (Å²) in [6, 6.07) is 0. The van der Waals surface area contributed by atoms with Crippen LogP contribution < -0.4 is 0 Å². The molecule has 0 saturated carbocycles. The van der Waals surface area contributed by atoms with Crippen molar-refractivity contribution in [3.05, 3.63) is 0 Å². The van der Waals surface area contributed by atoms with Crippen molar-refractivity contribution in [2.45, 2.75) is 68.3 Å². The van der Waals surface area contributed by atoms with E-state index >= 15 is 0 Å². The lowest BCUT2D eigenvalue weighted by Crippen LogP contribution is -2.64. The van der Waals surface area contributed by atoms with Gasteiger partial charge in [0.15, 0.2) is 18.7 Å². The van der Waals surface area contributed by atoms with Gasteiger partial charge in [-0.15, -0.1) is 0 Å². The molecule has 0 aromatic rings. The van der Waals surface area contributed by atoms with E-state index in [1.807, 2.05) is 0 Å². The predicted molar refractivity (Wildman–Crippen MR) is 67.8 cm³/mol. The zero-order valence-corrected chi connectivity index (χ0v) is 12.0. The van der Waals surface area contributed by atoms with Crippen LogP contribution in [-0.2, 0) is 19.0 Å². The second-order valence-corrected chi connectivity index (χ2v) is 5.55. The Morgan fingerprint density at radius 3 is 2.04 bits per heavy atom. The molecule has 2 saturated heterocycles. The van der Waals surface area contributed by atoms with E-state index in [9.17, 15) is 35.4 Å². The Labute approximate surface area is 130 Å². The van der Waals surface area contributed by atoms with Crippen molar-refractivity contribution in [3.8, 4) is 0 Å². The summed E-state index contributed by atoms with van der Waals surface area (Å²) < 4.78 is 14.9. The van der Waals surface area contributed by atoms with Crippen LogP contribution >= 0.6 is 0 Å². The van der Waals surface area contributed by atoms with Gasteiger partial charge < -0.3 is 50.0 Å². The number of carboxylic acids is 1. The van der Waals surface area contributed by atoms with Crippen molar-refractivity contribution in [2.24, 2.45) is 0 Å². The van der Waals surface area contributed by atoms with Crippen LogP contribution in [0.1, 0.15) is 6.92 Å². The Bertz CT molecular complexity index is 417. The molecule has 2 fully saturated rings. The van der Waals surface area contributed by atoms with Gasteiger partial charge in [0.05, 0.1) is 6.10 Å². The molecule has 0 spiro atoms. The Kier molecular flexibility index (Phi) is 5.56. The third-order valence-corrected chi connectivity index (χ3v) is 3.90. The van der Waals surface area contributed by atoms with Crippen LogP contribution in [0.5, 0.6) is 0 Å². The van der Waals surface area contributed by atoms with Gasteiger partial charge in [-0.25, -0.2) is 4.79 Å².